The van der Waals surface area contributed by atoms with E-state index in [0.29, 0.717) is 0 Å². The molecule has 1 nitrogen and oxygen atoms in total. The molecule has 0 atom stereocenters. The topological polar surface area (TPSA) is 3.24 Å². The summed E-state index contributed by atoms with van der Waals surface area (Å²) >= 11 is 0. The first-order valence-electron chi connectivity index (χ1n) is 19.4. The van der Waals surface area contributed by atoms with E-state index < -0.39 is 0 Å². The summed E-state index contributed by atoms with van der Waals surface area (Å²) in [5, 5.41) is 0. The number of hydrogen-bond acceptors (Lipinski definition) is 1. The number of rotatable bonds is 6. The third kappa shape index (κ3) is 4.88. The maximum Gasteiger partial charge on any atom is 0.0725 e. The second-order valence-corrected chi connectivity index (χ2v) is 14.8. The van der Waals surface area contributed by atoms with E-state index in [1.165, 1.54) is 77.9 Å². The molecule has 0 amide bonds. The van der Waals surface area contributed by atoms with Gasteiger partial charge in [-0.2, -0.15) is 0 Å². The molecule has 9 aromatic rings. The molecule has 0 radical (unpaired) electrons. The third-order valence-corrected chi connectivity index (χ3v) is 11.9. The summed E-state index contributed by atoms with van der Waals surface area (Å²) in [7, 11) is 0. The quantitative estimate of drug-likeness (QED) is 0.166. The summed E-state index contributed by atoms with van der Waals surface area (Å²) in [4.78, 5) is 2.45. The van der Waals surface area contributed by atoms with Crippen molar-refractivity contribution in [2.75, 3.05) is 4.90 Å². The Balaban J connectivity index is 1.15. The molecule has 0 unspecified atom stereocenters. The van der Waals surface area contributed by atoms with Gasteiger partial charge in [0.2, 0.25) is 0 Å². The molecule has 0 heterocycles. The molecular weight excluding hydrogens is 675 g/mol. The predicted octanol–water partition coefficient (Wildman–Crippen LogP) is 14.5. The highest BCUT2D eigenvalue weighted by molar-refractivity contribution is 5.98. The maximum atomic E-state index is 2.45. The van der Waals surface area contributed by atoms with Crippen LogP contribution in [0.1, 0.15) is 22.3 Å². The van der Waals surface area contributed by atoms with E-state index in [9.17, 15) is 0 Å². The first-order chi connectivity index (χ1) is 27.8. The zero-order chi connectivity index (χ0) is 37.1. The molecule has 0 bridgehead atoms. The highest BCUT2D eigenvalue weighted by Crippen LogP contribution is 2.63. The lowest BCUT2D eigenvalue weighted by Crippen LogP contribution is -2.25. The fourth-order valence-corrected chi connectivity index (χ4v) is 9.48. The Hall–Kier alpha value is -7.22. The first kappa shape index (κ1) is 32.2. The minimum absolute atomic E-state index is 0.383. The van der Waals surface area contributed by atoms with Crippen LogP contribution in [0.4, 0.5) is 17.1 Å². The maximum absolute atomic E-state index is 2.45. The van der Waals surface area contributed by atoms with Gasteiger partial charge in [-0.15, -0.1) is 0 Å². The minimum atomic E-state index is -0.383. The lowest BCUT2D eigenvalue weighted by Gasteiger charge is -2.31. The van der Waals surface area contributed by atoms with Gasteiger partial charge in [-0.1, -0.05) is 188 Å². The molecule has 9 aromatic carbocycles. The van der Waals surface area contributed by atoms with Crippen molar-refractivity contribution in [1.82, 2.24) is 0 Å². The van der Waals surface area contributed by atoms with Crippen molar-refractivity contribution in [3.8, 4) is 55.6 Å². The van der Waals surface area contributed by atoms with Crippen LogP contribution in [-0.2, 0) is 5.41 Å². The zero-order valence-corrected chi connectivity index (χ0v) is 30.8. The zero-order valence-electron chi connectivity index (χ0n) is 30.8. The minimum Gasteiger partial charge on any atom is -0.310 e. The summed E-state index contributed by atoms with van der Waals surface area (Å²) in [5.41, 5.74) is 20.7. The predicted molar refractivity (Wildman–Crippen MR) is 234 cm³/mol. The molecule has 0 fully saturated rings. The lowest BCUT2D eigenvalue weighted by molar-refractivity contribution is 0.794. The Labute approximate surface area is 328 Å². The molecule has 56 heavy (non-hydrogen) atoms. The van der Waals surface area contributed by atoms with E-state index in [1.807, 2.05) is 0 Å². The second-order valence-electron chi connectivity index (χ2n) is 14.8. The molecule has 2 aliphatic carbocycles. The van der Waals surface area contributed by atoms with E-state index in [1.54, 1.807) is 0 Å². The third-order valence-electron chi connectivity index (χ3n) is 11.9. The van der Waals surface area contributed by atoms with Gasteiger partial charge in [0.15, 0.2) is 0 Å². The molecular formula is C55H37N. The van der Waals surface area contributed by atoms with E-state index in [2.05, 4.69) is 229 Å². The van der Waals surface area contributed by atoms with Gasteiger partial charge in [0.1, 0.15) is 0 Å². The van der Waals surface area contributed by atoms with E-state index in [-0.39, 0.29) is 5.41 Å². The van der Waals surface area contributed by atoms with Gasteiger partial charge in [-0.05, 0) is 109 Å². The number of hydrogen-bond donors (Lipinski definition) is 0. The Morgan fingerprint density at radius 1 is 0.250 bits per heavy atom. The first-order valence-corrected chi connectivity index (χ1v) is 19.4. The van der Waals surface area contributed by atoms with E-state index in [4.69, 9.17) is 0 Å². The number of nitrogens with zero attached hydrogens (tertiary/aromatic N) is 1. The van der Waals surface area contributed by atoms with E-state index >= 15 is 0 Å². The summed E-state index contributed by atoms with van der Waals surface area (Å²) in [6.07, 6.45) is 0. The van der Waals surface area contributed by atoms with Crippen LogP contribution < -0.4 is 4.90 Å². The molecule has 11 rings (SSSR count). The molecule has 0 aliphatic heterocycles. The van der Waals surface area contributed by atoms with Crippen molar-refractivity contribution in [3.63, 3.8) is 0 Å². The molecule has 0 saturated carbocycles. The molecule has 0 N–H and O–H groups in total. The van der Waals surface area contributed by atoms with Crippen LogP contribution in [0.2, 0.25) is 0 Å². The fraction of sp³-hybridized carbons (Fsp3) is 0.0182. The fourth-order valence-electron chi connectivity index (χ4n) is 9.48. The largest absolute Gasteiger partial charge is 0.310 e. The van der Waals surface area contributed by atoms with Crippen molar-refractivity contribution in [1.29, 1.82) is 0 Å². The Bertz CT molecular complexity index is 2850. The van der Waals surface area contributed by atoms with Crippen LogP contribution in [-0.4, -0.2) is 0 Å². The lowest BCUT2D eigenvalue weighted by atomic mass is 9.70. The summed E-state index contributed by atoms with van der Waals surface area (Å²) in [5.74, 6) is 0. The van der Waals surface area contributed by atoms with Crippen LogP contribution >= 0.6 is 0 Å². The van der Waals surface area contributed by atoms with Gasteiger partial charge in [-0.25, -0.2) is 0 Å². The summed E-state index contributed by atoms with van der Waals surface area (Å²) in [6, 6.07) is 82.4. The van der Waals surface area contributed by atoms with Gasteiger partial charge < -0.3 is 4.90 Å². The van der Waals surface area contributed by atoms with Crippen LogP contribution in [0.3, 0.4) is 0 Å². The molecule has 262 valence electrons. The average molecular weight is 712 g/mol. The molecule has 0 aromatic heterocycles. The number of benzene rings is 9. The Morgan fingerprint density at radius 2 is 0.661 bits per heavy atom. The van der Waals surface area contributed by atoms with Crippen molar-refractivity contribution >= 4 is 17.1 Å². The number of anilines is 3. The monoisotopic (exact) mass is 711 g/mol. The molecule has 0 saturated heterocycles. The van der Waals surface area contributed by atoms with Crippen LogP contribution in [0.5, 0.6) is 0 Å². The second kappa shape index (κ2) is 13.0. The van der Waals surface area contributed by atoms with Crippen molar-refractivity contribution in [3.05, 3.63) is 247 Å². The Morgan fingerprint density at radius 3 is 1.23 bits per heavy atom. The SMILES string of the molecule is c1ccc(-c2ccc(N(c3ccc4c(c3)-c3ccccc3C43c4ccccc4-c4ccccc43)c3ccc(-c4ccccc4)cc3-c3ccccc3)cc2)cc1. The summed E-state index contributed by atoms with van der Waals surface area (Å²) in [6.45, 7) is 0. The molecule has 1 heteroatoms. The van der Waals surface area contributed by atoms with E-state index in [0.717, 1.165) is 17.1 Å². The number of fused-ring (bicyclic) bond motifs is 10. The summed E-state index contributed by atoms with van der Waals surface area (Å²) < 4.78 is 0. The highest BCUT2D eigenvalue weighted by Gasteiger charge is 2.51. The molecule has 1 spiro atoms. The van der Waals surface area contributed by atoms with Crippen LogP contribution in [0, 0.1) is 0 Å². The molecule has 2 aliphatic rings. The van der Waals surface area contributed by atoms with Gasteiger partial charge in [0, 0.05) is 16.9 Å². The average Bonchev–Trinajstić information content (AvgIpc) is 3.75. The Kier molecular flexibility index (Phi) is 7.47. The van der Waals surface area contributed by atoms with Crippen molar-refractivity contribution in [2.24, 2.45) is 0 Å². The van der Waals surface area contributed by atoms with Crippen LogP contribution in [0.15, 0.2) is 224 Å². The van der Waals surface area contributed by atoms with Crippen LogP contribution in [0.25, 0.3) is 55.6 Å². The smallest absolute Gasteiger partial charge is 0.0725 e. The van der Waals surface area contributed by atoms with Gasteiger partial charge in [0.25, 0.3) is 0 Å². The van der Waals surface area contributed by atoms with Crippen molar-refractivity contribution < 1.29 is 0 Å². The van der Waals surface area contributed by atoms with Gasteiger partial charge in [-0.3, -0.25) is 0 Å². The van der Waals surface area contributed by atoms with Crippen molar-refractivity contribution in [2.45, 2.75) is 5.41 Å². The van der Waals surface area contributed by atoms with Gasteiger partial charge >= 0.3 is 0 Å². The standard InChI is InChI=1S/C55H37N/c1-4-16-38(17-5-1)40-28-31-43(32-29-40)56(54-35-30-42(39-18-6-2-7-19-39)36-48(54)41-20-8-3-9-21-41)44-33-34-53-49(37-44)47-24-12-15-27-52(47)55(53)50-25-13-10-22-45(50)46-23-11-14-26-51(46)55/h1-37H. The highest BCUT2D eigenvalue weighted by atomic mass is 15.1. The van der Waals surface area contributed by atoms with Gasteiger partial charge in [0.05, 0.1) is 11.1 Å². The normalized spacial score (nSPS) is 12.8.